The molecule has 0 fully saturated rings. The lowest BCUT2D eigenvalue weighted by atomic mass is 10.1. The summed E-state index contributed by atoms with van der Waals surface area (Å²) in [6.45, 7) is 4.40. The highest BCUT2D eigenvalue weighted by Gasteiger charge is 2.21. The van der Waals surface area contributed by atoms with E-state index in [1.807, 2.05) is 26.0 Å². The third-order valence-corrected chi connectivity index (χ3v) is 5.94. The normalized spacial score (nSPS) is 10.9. The molecule has 7 nitrogen and oxygen atoms in total. The van der Waals surface area contributed by atoms with Crippen molar-refractivity contribution >= 4 is 38.3 Å². The van der Waals surface area contributed by atoms with E-state index in [-0.39, 0.29) is 18.0 Å². The van der Waals surface area contributed by atoms with Crippen molar-refractivity contribution in [2.24, 2.45) is 0 Å². The van der Waals surface area contributed by atoms with Crippen molar-refractivity contribution in [2.45, 2.75) is 26.8 Å². The highest BCUT2D eigenvalue weighted by atomic mass is 32.1. The minimum atomic E-state index is -0.453. The number of nitro benzene ring substituents is 1. The third kappa shape index (κ3) is 4.59. The van der Waals surface area contributed by atoms with Gasteiger partial charge in [-0.3, -0.25) is 24.8 Å². The first kappa shape index (κ1) is 20.6. The van der Waals surface area contributed by atoms with Crippen molar-refractivity contribution < 1.29 is 9.72 Å². The second kappa shape index (κ2) is 8.61. The minimum absolute atomic E-state index is 0.000401. The Labute approximate surface area is 183 Å². The van der Waals surface area contributed by atoms with Crippen LogP contribution in [0.1, 0.15) is 22.3 Å². The van der Waals surface area contributed by atoms with Crippen molar-refractivity contribution in [2.75, 3.05) is 4.90 Å². The largest absolute Gasteiger partial charge is 0.283 e. The molecule has 156 valence electrons. The molecule has 0 spiro atoms. The zero-order chi connectivity index (χ0) is 22.0. The number of carbonyl (C=O) groups excluding carboxylic acids is 1. The summed E-state index contributed by atoms with van der Waals surface area (Å²) in [5.74, 6) is -0.133. The van der Waals surface area contributed by atoms with Crippen molar-refractivity contribution in [1.82, 2.24) is 9.97 Å². The average Bonchev–Trinajstić information content (AvgIpc) is 3.17. The quantitative estimate of drug-likeness (QED) is 0.316. The Kier molecular flexibility index (Phi) is 5.73. The molecule has 0 aliphatic heterocycles. The molecule has 31 heavy (non-hydrogen) atoms. The van der Waals surface area contributed by atoms with Gasteiger partial charge in [0.2, 0.25) is 5.91 Å². The molecular formula is C23H20N4O3S. The molecule has 4 aromatic rings. The van der Waals surface area contributed by atoms with Crippen molar-refractivity contribution in [1.29, 1.82) is 0 Å². The number of amides is 1. The van der Waals surface area contributed by atoms with E-state index in [9.17, 15) is 14.9 Å². The molecule has 1 amide bonds. The predicted octanol–water partition coefficient (Wildman–Crippen LogP) is 4.99. The number of aryl methyl sites for hydroxylation is 2. The number of anilines is 1. The molecule has 0 saturated heterocycles. The first-order valence-electron chi connectivity index (χ1n) is 9.71. The Morgan fingerprint density at radius 1 is 1.13 bits per heavy atom. The number of nitrogens with zero attached hydrogens (tertiary/aromatic N) is 4. The molecule has 0 radical (unpaired) electrons. The van der Waals surface area contributed by atoms with E-state index in [1.54, 1.807) is 29.4 Å². The van der Waals surface area contributed by atoms with E-state index in [2.05, 4.69) is 17.1 Å². The first-order chi connectivity index (χ1) is 14.9. The Balaban J connectivity index is 1.67. The molecule has 4 rings (SSSR count). The summed E-state index contributed by atoms with van der Waals surface area (Å²) in [6, 6.07) is 14.0. The topological polar surface area (TPSA) is 89.2 Å². The summed E-state index contributed by atoms with van der Waals surface area (Å²) >= 11 is 1.48. The molecule has 0 aliphatic rings. The van der Waals surface area contributed by atoms with Gasteiger partial charge in [0.05, 0.1) is 28.1 Å². The van der Waals surface area contributed by atoms with Gasteiger partial charge < -0.3 is 0 Å². The van der Waals surface area contributed by atoms with Crippen LogP contribution in [0.2, 0.25) is 0 Å². The molecule has 2 heterocycles. The Morgan fingerprint density at radius 3 is 2.58 bits per heavy atom. The minimum Gasteiger partial charge on any atom is -0.283 e. The fourth-order valence-electron chi connectivity index (χ4n) is 3.42. The van der Waals surface area contributed by atoms with Gasteiger partial charge in [-0.2, -0.15) is 0 Å². The predicted molar refractivity (Wildman–Crippen MR) is 121 cm³/mol. The van der Waals surface area contributed by atoms with Gasteiger partial charge in [-0.05, 0) is 48.2 Å². The maximum absolute atomic E-state index is 13.3. The summed E-state index contributed by atoms with van der Waals surface area (Å²) in [5.41, 5.74) is 4.72. The van der Waals surface area contributed by atoms with Gasteiger partial charge in [-0.15, -0.1) is 0 Å². The van der Waals surface area contributed by atoms with Crippen LogP contribution in [0, 0.1) is 24.0 Å². The molecule has 0 aliphatic carbocycles. The number of carbonyl (C=O) groups is 1. The third-order valence-electron chi connectivity index (χ3n) is 4.92. The van der Waals surface area contributed by atoms with Crippen LogP contribution < -0.4 is 4.90 Å². The number of benzene rings is 2. The Morgan fingerprint density at radius 2 is 1.90 bits per heavy atom. The lowest BCUT2D eigenvalue weighted by molar-refractivity contribution is -0.384. The van der Waals surface area contributed by atoms with Gasteiger partial charge in [0, 0.05) is 24.5 Å². The Bertz CT molecular complexity index is 1250. The summed E-state index contributed by atoms with van der Waals surface area (Å²) in [6.07, 6.45) is 3.54. The molecule has 0 unspecified atom stereocenters. The smallest absolute Gasteiger partial charge is 0.269 e. The fourth-order valence-corrected chi connectivity index (χ4v) is 4.57. The van der Waals surface area contributed by atoms with Gasteiger partial charge >= 0.3 is 0 Å². The monoisotopic (exact) mass is 432 g/mol. The SMILES string of the molecule is Cc1cc(C)c2nc(N(Cc3cccnc3)C(=O)Cc3ccc([N+](=O)[O-])cc3)sc2c1. The van der Waals surface area contributed by atoms with Crippen LogP contribution in [0.15, 0.2) is 60.9 Å². The van der Waals surface area contributed by atoms with Crippen molar-refractivity contribution in [3.63, 3.8) is 0 Å². The number of non-ortho nitro benzene ring substituents is 1. The molecule has 0 bridgehead atoms. The van der Waals surface area contributed by atoms with Gasteiger partial charge in [0.1, 0.15) is 0 Å². The van der Waals surface area contributed by atoms with Crippen LogP contribution >= 0.6 is 11.3 Å². The fraction of sp³-hybridized carbons (Fsp3) is 0.174. The standard InChI is InChI=1S/C23H20N4O3S/c1-15-10-16(2)22-20(11-15)31-23(25-22)26(14-18-4-3-9-24-13-18)21(28)12-17-5-7-19(8-6-17)27(29)30/h3-11,13H,12,14H2,1-2H3. The van der Waals surface area contributed by atoms with Gasteiger partial charge in [0.15, 0.2) is 5.13 Å². The van der Waals surface area contributed by atoms with E-state index in [0.717, 1.165) is 26.9 Å². The molecule has 0 N–H and O–H groups in total. The number of fused-ring (bicyclic) bond motifs is 1. The summed E-state index contributed by atoms with van der Waals surface area (Å²) in [7, 11) is 0. The number of thiazole rings is 1. The van der Waals surface area contributed by atoms with E-state index >= 15 is 0 Å². The lowest BCUT2D eigenvalue weighted by Gasteiger charge is -2.20. The number of pyridine rings is 1. The van der Waals surface area contributed by atoms with Crippen LogP contribution in [-0.2, 0) is 17.8 Å². The Hall–Kier alpha value is -3.65. The maximum atomic E-state index is 13.3. The van der Waals surface area contributed by atoms with Crippen LogP contribution in [0.5, 0.6) is 0 Å². The van der Waals surface area contributed by atoms with E-state index in [0.29, 0.717) is 17.2 Å². The number of hydrogen-bond acceptors (Lipinski definition) is 6. The second-order valence-corrected chi connectivity index (χ2v) is 8.38. The highest BCUT2D eigenvalue weighted by Crippen LogP contribution is 2.33. The van der Waals surface area contributed by atoms with E-state index in [1.165, 1.54) is 23.5 Å². The van der Waals surface area contributed by atoms with Crippen LogP contribution in [0.3, 0.4) is 0 Å². The summed E-state index contributed by atoms with van der Waals surface area (Å²) < 4.78 is 1.03. The van der Waals surface area contributed by atoms with Crippen molar-refractivity contribution in [3.8, 4) is 0 Å². The van der Waals surface area contributed by atoms with Crippen LogP contribution in [0.25, 0.3) is 10.2 Å². The first-order valence-corrected chi connectivity index (χ1v) is 10.5. The summed E-state index contributed by atoms with van der Waals surface area (Å²) in [5, 5.41) is 11.5. The highest BCUT2D eigenvalue weighted by molar-refractivity contribution is 7.22. The molecule has 8 heteroatoms. The lowest BCUT2D eigenvalue weighted by Crippen LogP contribution is -2.31. The van der Waals surface area contributed by atoms with Crippen LogP contribution in [-0.4, -0.2) is 20.8 Å². The molecule has 2 aromatic carbocycles. The molecular weight excluding hydrogens is 412 g/mol. The number of rotatable bonds is 6. The summed E-state index contributed by atoms with van der Waals surface area (Å²) in [4.78, 5) is 34.3. The molecule has 0 atom stereocenters. The number of hydrogen-bond donors (Lipinski definition) is 0. The van der Waals surface area contributed by atoms with E-state index < -0.39 is 4.92 Å². The maximum Gasteiger partial charge on any atom is 0.269 e. The number of aromatic nitrogens is 2. The average molecular weight is 433 g/mol. The van der Waals surface area contributed by atoms with Gasteiger partial charge in [-0.25, -0.2) is 4.98 Å². The zero-order valence-corrected chi connectivity index (χ0v) is 17.9. The van der Waals surface area contributed by atoms with Gasteiger partial charge in [-0.1, -0.05) is 35.6 Å². The van der Waals surface area contributed by atoms with Gasteiger partial charge in [0.25, 0.3) is 5.69 Å². The molecule has 0 saturated carbocycles. The molecule has 2 aromatic heterocycles. The second-order valence-electron chi connectivity index (χ2n) is 7.37. The zero-order valence-electron chi connectivity index (χ0n) is 17.1. The van der Waals surface area contributed by atoms with Crippen LogP contribution in [0.4, 0.5) is 10.8 Å². The number of nitro groups is 1. The van der Waals surface area contributed by atoms with Crippen molar-refractivity contribution in [3.05, 3.63) is 93.3 Å². The van der Waals surface area contributed by atoms with E-state index in [4.69, 9.17) is 4.98 Å².